The summed E-state index contributed by atoms with van der Waals surface area (Å²) in [6.45, 7) is 5.62. The summed E-state index contributed by atoms with van der Waals surface area (Å²) in [7, 11) is -3.41. The molecule has 0 saturated heterocycles. The second kappa shape index (κ2) is 6.59. The van der Waals surface area contributed by atoms with E-state index in [0.717, 1.165) is 43.5 Å². The van der Waals surface area contributed by atoms with Gasteiger partial charge in [0.1, 0.15) is 0 Å². The molecule has 1 aromatic rings. The van der Waals surface area contributed by atoms with Crippen LogP contribution in [0.2, 0.25) is 0 Å². The number of fused-ring (bicyclic) bond motifs is 1. The molecule has 0 spiro atoms. The molecule has 1 aliphatic heterocycles. The van der Waals surface area contributed by atoms with Crippen LogP contribution in [0.3, 0.4) is 0 Å². The van der Waals surface area contributed by atoms with Crippen molar-refractivity contribution >= 4 is 15.7 Å². The lowest BCUT2D eigenvalue weighted by Crippen LogP contribution is -2.30. The Bertz CT molecular complexity index is 551. The van der Waals surface area contributed by atoms with Crippen LogP contribution in [0.25, 0.3) is 0 Å². The van der Waals surface area contributed by atoms with Crippen LogP contribution in [0.15, 0.2) is 23.1 Å². The monoisotopic (exact) mass is 296 g/mol. The third kappa shape index (κ3) is 3.33. The van der Waals surface area contributed by atoms with Crippen LogP contribution in [-0.2, 0) is 16.4 Å². The molecule has 1 aliphatic rings. The first-order valence-electron chi connectivity index (χ1n) is 7.44. The van der Waals surface area contributed by atoms with Gasteiger partial charge in [0.15, 0.2) is 0 Å². The molecule has 112 valence electrons. The number of nitrogens with one attached hydrogen (secondary N) is 2. The molecule has 0 radical (unpaired) electrons. The molecule has 0 amide bonds. The van der Waals surface area contributed by atoms with E-state index < -0.39 is 10.0 Å². The van der Waals surface area contributed by atoms with Crippen LogP contribution in [0, 0.1) is 5.92 Å². The maximum Gasteiger partial charge on any atom is 0.240 e. The summed E-state index contributed by atoms with van der Waals surface area (Å²) in [6.07, 6.45) is 3.79. The molecule has 0 aromatic heterocycles. The number of hydrogen-bond donors (Lipinski definition) is 2. The van der Waals surface area contributed by atoms with Gasteiger partial charge in [0.05, 0.1) is 4.90 Å². The van der Waals surface area contributed by atoms with Gasteiger partial charge in [-0.1, -0.05) is 32.8 Å². The van der Waals surface area contributed by atoms with Crippen molar-refractivity contribution in [3.63, 3.8) is 0 Å². The number of hydrogen-bond acceptors (Lipinski definition) is 3. The van der Waals surface area contributed by atoms with Crippen LogP contribution in [0.5, 0.6) is 0 Å². The number of anilines is 1. The summed E-state index contributed by atoms with van der Waals surface area (Å²) in [5.41, 5.74) is 1.89. The van der Waals surface area contributed by atoms with Crippen molar-refractivity contribution in [1.29, 1.82) is 0 Å². The standard InChI is InChI=1S/C15H24N2O2S/c1-3-12(4-2)11-17-20(18,19)15-9-5-8-14-13(15)7-6-10-16-14/h5,8-9,12,16-17H,3-4,6-7,10-11H2,1-2H3. The normalized spacial score (nSPS) is 14.9. The minimum atomic E-state index is -3.41. The average molecular weight is 296 g/mol. The summed E-state index contributed by atoms with van der Waals surface area (Å²) in [6, 6.07) is 5.47. The first-order valence-corrected chi connectivity index (χ1v) is 8.92. The molecule has 20 heavy (non-hydrogen) atoms. The first kappa shape index (κ1) is 15.3. The predicted octanol–water partition coefficient (Wildman–Crippen LogP) is 2.76. The quantitative estimate of drug-likeness (QED) is 0.848. The Morgan fingerprint density at radius 3 is 2.75 bits per heavy atom. The zero-order valence-corrected chi connectivity index (χ0v) is 13.1. The highest BCUT2D eigenvalue weighted by atomic mass is 32.2. The SMILES string of the molecule is CCC(CC)CNS(=O)(=O)c1cccc2c1CCCN2. The Kier molecular flexibility index (Phi) is 5.05. The number of sulfonamides is 1. The van der Waals surface area contributed by atoms with Crippen molar-refractivity contribution in [2.75, 3.05) is 18.4 Å². The van der Waals surface area contributed by atoms with Crippen molar-refractivity contribution in [3.8, 4) is 0 Å². The van der Waals surface area contributed by atoms with E-state index in [9.17, 15) is 8.42 Å². The lowest BCUT2D eigenvalue weighted by atomic mass is 10.0. The fraction of sp³-hybridized carbons (Fsp3) is 0.600. The molecule has 4 nitrogen and oxygen atoms in total. The maximum atomic E-state index is 12.5. The fourth-order valence-electron chi connectivity index (χ4n) is 2.61. The van der Waals surface area contributed by atoms with E-state index in [4.69, 9.17) is 0 Å². The molecule has 2 rings (SSSR count). The summed E-state index contributed by atoms with van der Waals surface area (Å²) >= 11 is 0. The number of benzene rings is 1. The molecular formula is C15H24N2O2S. The highest BCUT2D eigenvalue weighted by Crippen LogP contribution is 2.28. The van der Waals surface area contributed by atoms with Gasteiger partial charge < -0.3 is 5.32 Å². The van der Waals surface area contributed by atoms with Crippen molar-refractivity contribution in [2.24, 2.45) is 5.92 Å². The van der Waals surface area contributed by atoms with E-state index >= 15 is 0 Å². The molecule has 5 heteroatoms. The Morgan fingerprint density at radius 2 is 2.05 bits per heavy atom. The van der Waals surface area contributed by atoms with Gasteiger partial charge in [0.2, 0.25) is 10.0 Å². The molecule has 2 N–H and O–H groups in total. The third-order valence-corrected chi connectivity index (χ3v) is 5.57. The second-order valence-corrected chi connectivity index (χ2v) is 7.08. The van der Waals surface area contributed by atoms with Gasteiger partial charge in [-0.25, -0.2) is 13.1 Å². The van der Waals surface area contributed by atoms with Crippen molar-refractivity contribution in [3.05, 3.63) is 23.8 Å². The summed E-state index contributed by atoms with van der Waals surface area (Å²) in [5, 5.41) is 3.27. The van der Waals surface area contributed by atoms with Gasteiger partial charge in [-0.15, -0.1) is 0 Å². The third-order valence-electron chi connectivity index (χ3n) is 4.06. The van der Waals surface area contributed by atoms with Gasteiger partial charge in [-0.2, -0.15) is 0 Å². The Labute approximate surface area is 122 Å². The zero-order valence-electron chi connectivity index (χ0n) is 12.3. The summed E-state index contributed by atoms with van der Waals surface area (Å²) in [5.74, 6) is 0.405. The molecule has 0 fully saturated rings. The van der Waals surface area contributed by atoms with Gasteiger partial charge in [0, 0.05) is 18.8 Å². The van der Waals surface area contributed by atoms with Crippen LogP contribution in [-0.4, -0.2) is 21.5 Å². The highest BCUT2D eigenvalue weighted by molar-refractivity contribution is 7.89. The van der Waals surface area contributed by atoms with Gasteiger partial charge in [0.25, 0.3) is 0 Å². The molecule has 0 saturated carbocycles. The van der Waals surface area contributed by atoms with Crippen molar-refractivity contribution in [1.82, 2.24) is 4.72 Å². The molecule has 1 aromatic carbocycles. The zero-order chi connectivity index (χ0) is 14.6. The van der Waals surface area contributed by atoms with Crippen LogP contribution < -0.4 is 10.0 Å². The summed E-state index contributed by atoms with van der Waals surface area (Å²) < 4.78 is 27.8. The van der Waals surface area contributed by atoms with Gasteiger partial charge in [-0.3, -0.25) is 0 Å². The van der Waals surface area contributed by atoms with E-state index in [1.54, 1.807) is 6.07 Å². The molecule has 0 aliphatic carbocycles. The molecule has 1 heterocycles. The summed E-state index contributed by atoms with van der Waals surface area (Å²) in [4.78, 5) is 0.438. The maximum absolute atomic E-state index is 12.5. The smallest absolute Gasteiger partial charge is 0.240 e. The lowest BCUT2D eigenvalue weighted by molar-refractivity contribution is 0.478. The highest BCUT2D eigenvalue weighted by Gasteiger charge is 2.22. The minimum Gasteiger partial charge on any atom is -0.385 e. The van der Waals surface area contributed by atoms with E-state index in [-0.39, 0.29) is 0 Å². The number of rotatable bonds is 6. The molecule has 0 bridgehead atoms. The average Bonchev–Trinajstić information content (AvgIpc) is 2.47. The van der Waals surface area contributed by atoms with Crippen molar-refractivity contribution in [2.45, 2.75) is 44.4 Å². The van der Waals surface area contributed by atoms with Gasteiger partial charge in [-0.05, 0) is 36.5 Å². The first-order chi connectivity index (χ1) is 9.58. The lowest BCUT2D eigenvalue weighted by Gasteiger charge is -2.21. The largest absolute Gasteiger partial charge is 0.385 e. The van der Waals surface area contributed by atoms with E-state index in [0.29, 0.717) is 17.4 Å². The van der Waals surface area contributed by atoms with Crippen LogP contribution >= 0.6 is 0 Å². The Hall–Kier alpha value is -1.07. The molecule has 0 unspecified atom stereocenters. The second-order valence-electron chi connectivity index (χ2n) is 5.35. The van der Waals surface area contributed by atoms with Crippen LogP contribution in [0.4, 0.5) is 5.69 Å². The molecular weight excluding hydrogens is 272 g/mol. The van der Waals surface area contributed by atoms with Gasteiger partial charge >= 0.3 is 0 Å². The van der Waals surface area contributed by atoms with Crippen molar-refractivity contribution < 1.29 is 8.42 Å². The van der Waals surface area contributed by atoms with Crippen LogP contribution in [0.1, 0.15) is 38.7 Å². The topological polar surface area (TPSA) is 58.2 Å². The van der Waals surface area contributed by atoms with E-state index in [1.165, 1.54) is 0 Å². The van der Waals surface area contributed by atoms with E-state index in [1.807, 2.05) is 12.1 Å². The predicted molar refractivity (Wildman–Crippen MR) is 82.5 cm³/mol. The van der Waals surface area contributed by atoms with E-state index in [2.05, 4.69) is 23.9 Å². The Morgan fingerprint density at radius 1 is 1.30 bits per heavy atom. The minimum absolute atomic E-state index is 0.405. The fourth-order valence-corrected chi connectivity index (χ4v) is 4.02. The molecule has 0 atom stereocenters. The Balaban J connectivity index is 2.21.